The molecular formula is C48H90O3. The third-order valence-corrected chi connectivity index (χ3v) is 10.3. The van der Waals surface area contributed by atoms with E-state index in [0.29, 0.717) is 6.61 Å². The van der Waals surface area contributed by atoms with Crippen molar-refractivity contribution in [3.05, 3.63) is 37.5 Å². The van der Waals surface area contributed by atoms with E-state index in [1.54, 1.807) is 0 Å². The van der Waals surface area contributed by atoms with Gasteiger partial charge in [0.25, 0.3) is 0 Å². The zero-order chi connectivity index (χ0) is 37.6. The Bertz CT molecular complexity index is 726. The molecule has 300 valence electrons. The number of hydrogen-bond acceptors (Lipinski definition) is 3. The molecule has 0 bridgehead atoms. The first-order chi connectivity index (χ1) is 25.2. The largest absolute Gasteiger partial charge is 0.396 e. The third kappa shape index (κ3) is 46.5. The molecule has 0 aromatic rings. The second-order valence-corrected chi connectivity index (χ2v) is 15.3. The van der Waals surface area contributed by atoms with Crippen molar-refractivity contribution in [3.8, 4) is 0 Å². The third-order valence-electron chi connectivity index (χ3n) is 10.3. The maximum absolute atomic E-state index is 12.4. The Labute approximate surface area is 320 Å². The number of carbonyl (C=O) groups is 2. The molecule has 0 rings (SSSR count). The zero-order valence-electron chi connectivity index (χ0n) is 34.5. The quantitative estimate of drug-likeness (QED) is 0.0296. The van der Waals surface area contributed by atoms with Crippen LogP contribution in [0.25, 0.3) is 0 Å². The van der Waals surface area contributed by atoms with Gasteiger partial charge in [0.05, 0.1) is 0 Å². The molecule has 0 aliphatic rings. The molecule has 0 radical (unpaired) electrons. The molecule has 1 N–H and O–H groups in total. The van der Waals surface area contributed by atoms with Crippen LogP contribution in [0.2, 0.25) is 0 Å². The molecule has 1 unspecified atom stereocenters. The highest BCUT2D eigenvalue weighted by atomic mass is 16.3. The number of carbonyl (C=O) groups excluding carboxylic acids is 2. The fourth-order valence-corrected chi connectivity index (χ4v) is 6.80. The number of aliphatic hydroxyl groups excluding tert-OH is 1. The van der Waals surface area contributed by atoms with Crippen LogP contribution in [0.1, 0.15) is 244 Å². The summed E-state index contributed by atoms with van der Waals surface area (Å²) in [5, 5.41) is 8.62. The van der Waals surface area contributed by atoms with Gasteiger partial charge in [-0.2, -0.15) is 0 Å². The minimum absolute atomic E-state index is 0.00258. The van der Waals surface area contributed by atoms with Gasteiger partial charge in [0.1, 0.15) is 6.29 Å². The minimum atomic E-state index is 0.00258. The van der Waals surface area contributed by atoms with Crippen LogP contribution in [0, 0.1) is 5.92 Å². The monoisotopic (exact) mass is 715 g/mol. The van der Waals surface area contributed by atoms with Gasteiger partial charge in [-0.1, -0.05) is 211 Å². The molecule has 3 nitrogen and oxygen atoms in total. The number of unbranched alkanes of at least 4 members (excludes halogenated alkanes) is 33. The Morgan fingerprint density at radius 3 is 1.22 bits per heavy atom. The summed E-state index contributed by atoms with van der Waals surface area (Å²) < 4.78 is 0. The highest BCUT2D eigenvalue weighted by Crippen LogP contribution is 2.17. The van der Waals surface area contributed by atoms with E-state index in [2.05, 4.69) is 26.2 Å². The normalized spacial score (nSPS) is 11.7. The molecule has 0 aromatic carbocycles. The first-order valence-corrected chi connectivity index (χ1v) is 22.7. The summed E-state index contributed by atoms with van der Waals surface area (Å²) in [4.78, 5) is 22.7. The predicted molar refractivity (Wildman–Crippen MR) is 228 cm³/mol. The van der Waals surface area contributed by atoms with Gasteiger partial charge < -0.3 is 9.90 Å². The molecule has 0 fully saturated rings. The summed E-state index contributed by atoms with van der Waals surface area (Å²) >= 11 is 0. The molecule has 1 atom stereocenters. The van der Waals surface area contributed by atoms with Crippen molar-refractivity contribution in [1.29, 1.82) is 0 Å². The van der Waals surface area contributed by atoms with E-state index in [0.717, 1.165) is 44.8 Å². The van der Waals surface area contributed by atoms with Crippen LogP contribution in [-0.2, 0) is 9.59 Å². The molecule has 0 saturated heterocycles. The fourth-order valence-electron chi connectivity index (χ4n) is 6.80. The zero-order valence-corrected chi connectivity index (χ0v) is 34.5. The maximum Gasteiger partial charge on any atom is 0.162 e. The molecular weight excluding hydrogens is 625 g/mol. The summed E-state index contributed by atoms with van der Waals surface area (Å²) in [7, 11) is 0. The fraction of sp³-hybridized carbons (Fsp3) is 0.833. The van der Waals surface area contributed by atoms with Gasteiger partial charge in [0, 0.05) is 18.9 Å². The van der Waals surface area contributed by atoms with Gasteiger partial charge in [-0.25, -0.2) is 0 Å². The molecule has 0 aliphatic heterocycles. The first-order valence-electron chi connectivity index (χ1n) is 22.7. The summed E-state index contributed by atoms with van der Waals surface area (Å²) in [5.41, 5.74) is 0. The van der Waals surface area contributed by atoms with Crippen LogP contribution in [0.5, 0.6) is 0 Å². The standard InChI is InChI=1S/C33H60O2.C15H30O/c1-3-5-6-7-8-9-10-11-15-18-21-24-27-30-33(35)32(4-2)29-26-23-20-17-14-12-13-16-19-22-25-28-31-34;1-2-3-4-5-6-7-8-9-10-11-12-13-14-15-16/h4,27,30-32H,2-3,5-26,28-29H2,1H3;2,16H,1,3-15H2. The molecule has 51 heavy (non-hydrogen) atoms. The van der Waals surface area contributed by atoms with Crippen LogP contribution >= 0.6 is 0 Å². The highest BCUT2D eigenvalue weighted by Gasteiger charge is 2.11. The van der Waals surface area contributed by atoms with E-state index < -0.39 is 0 Å². The van der Waals surface area contributed by atoms with Gasteiger partial charge in [-0.15, -0.1) is 13.2 Å². The van der Waals surface area contributed by atoms with Crippen molar-refractivity contribution in [3.63, 3.8) is 0 Å². The second-order valence-electron chi connectivity index (χ2n) is 15.3. The van der Waals surface area contributed by atoms with Crippen LogP contribution in [0.3, 0.4) is 0 Å². The number of aldehydes is 1. The van der Waals surface area contributed by atoms with Crippen molar-refractivity contribution in [2.24, 2.45) is 5.92 Å². The Morgan fingerprint density at radius 1 is 0.490 bits per heavy atom. The molecule has 0 saturated carbocycles. The Hall–Kier alpha value is -1.48. The highest BCUT2D eigenvalue weighted by molar-refractivity contribution is 5.92. The van der Waals surface area contributed by atoms with Crippen molar-refractivity contribution in [2.45, 2.75) is 244 Å². The van der Waals surface area contributed by atoms with Gasteiger partial charge >= 0.3 is 0 Å². The number of ketones is 1. The predicted octanol–water partition coefficient (Wildman–Crippen LogP) is 15.7. The second kappa shape index (κ2) is 48.5. The van der Waals surface area contributed by atoms with Crippen LogP contribution in [-0.4, -0.2) is 23.8 Å². The van der Waals surface area contributed by atoms with E-state index in [4.69, 9.17) is 5.11 Å². The smallest absolute Gasteiger partial charge is 0.162 e. The lowest BCUT2D eigenvalue weighted by Gasteiger charge is -2.09. The first kappa shape index (κ1) is 51.6. The summed E-state index contributed by atoms with van der Waals surface area (Å²) in [6.45, 7) is 10.3. The average Bonchev–Trinajstić information content (AvgIpc) is 3.14. The van der Waals surface area contributed by atoms with Crippen molar-refractivity contribution >= 4 is 12.1 Å². The SMILES string of the molecule is C=CC(CCCCCCCCCCCCCC=O)C(=O)C=CCCCCCCCCCCCCC.C=CCCCCCCCCCCCCCO. The summed E-state index contributed by atoms with van der Waals surface area (Å²) in [6, 6.07) is 0. The van der Waals surface area contributed by atoms with Crippen molar-refractivity contribution < 1.29 is 14.7 Å². The minimum Gasteiger partial charge on any atom is -0.396 e. The van der Waals surface area contributed by atoms with E-state index in [-0.39, 0.29) is 11.7 Å². The number of allylic oxidation sites excluding steroid dienone is 4. The number of aliphatic hydroxyl groups is 1. The van der Waals surface area contributed by atoms with E-state index in [1.807, 2.05) is 18.2 Å². The van der Waals surface area contributed by atoms with Crippen molar-refractivity contribution in [1.82, 2.24) is 0 Å². The Kier molecular flexibility index (Phi) is 49.1. The molecule has 0 aliphatic carbocycles. The van der Waals surface area contributed by atoms with Gasteiger partial charge in [0.15, 0.2) is 5.78 Å². The Balaban J connectivity index is 0. The van der Waals surface area contributed by atoms with Gasteiger partial charge in [-0.3, -0.25) is 4.79 Å². The maximum atomic E-state index is 12.4. The van der Waals surface area contributed by atoms with E-state index >= 15 is 0 Å². The lowest BCUT2D eigenvalue weighted by Crippen LogP contribution is -2.09. The Morgan fingerprint density at radius 2 is 0.843 bits per heavy atom. The molecule has 0 amide bonds. The summed E-state index contributed by atoms with van der Waals surface area (Å²) in [5.74, 6) is 0.249. The van der Waals surface area contributed by atoms with Crippen molar-refractivity contribution in [2.75, 3.05) is 6.61 Å². The molecule has 3 heteroatoms. The molecule has 0 heterocycles. The number of hydrogen-bond donors (Lipinski definition) is 1. The lowest BCUT2D eigenvalue weighted by atomic mass is 9.95. The molecule has 0 spiro atoms. The number of rotatable bonds is 42. The van der Waals surface area contributed by atoms with E-state index in [1.165, 1.54) is 199 Å². The lowest BCUT2D eigenvalue weighted by molar-refractivity contribution is -0.117. The van der Waals surface area contributed by atoms with E-state index in [9.17, 15) is 9.59 Å². The van der Waals surface area contributed by atoms with Crippen LogP contribution < -0.4 is 0 Å². The van der Waals surface area contributed by atoms with Gasteiger partial charge in [0.2, 0.25) is 0 Å². The summed E-state index contributed by atoms with van der Waals surface area (Å²) in [6.07, 6.45) is 56.1. The van der Waals surface area contributed by atoms with Crippen LogP contribution in [0.15, 0.2) is 37.5 Å². The average molecular weight is 715 g/mol. The van der Waals surface area contributed by atoms with Crippen LogP contribution in [0.4, 0.5) is 0 Å². The topological polar surface area (TPSA) is 54.4 Å². The molecule has 0 aromatic heterocycles. The van der Waals surface area contributed by atoms with Gasteiger partial charge in [-0.05, 0) is 51.0 Å².